The second-order valence-electron chi connectivity index (χ2n) is 10.7. The van der Waals surface area contributed by atoms with Gasteiger partial charge in [0, 0.05) is 16.9 Å². The molecule has 0 saturated heterocycles. The van der Waals surface area contributed by atoms with Crippen LogP contribution in [0.1, 0.15) is 39.3 Å². The van der Waals surface area contributed by atoms with Crippen molar-refractivity contribution in [1.29, 1.82) is 0 Å². The number of nitrogen functional groups attached to an aromatic ring is 2. The summed E-state index contributed by atoms with van der Waals surface area (Å²) >= 11 is 0. The van der Waals surface area contributed by atoms with E-state index < -0.39 is 75.3 Å². The predicted octanol–water partition coefficient (Wildman–Crippen LogP) is 8.73. The number of halogens is 12. The molecule has 5 N–H and O–H groups in total. The molecule has 0 amide bonds. The molecule has 0 spiro atoms. The quantitative estimate of drug-likeness (QED) is 0.133. The maximum absolute atomic E-state index is 14.0. The molecule has 0 saturated carbocycles. The van der Waals surface area contributed by atoms with Gasteiger partial charge in [0.15, 0.2) is 5.92 Å². The van der Waals surface area contributed by atoms with Crippen LogP contribution in [0.2, 0.25) is 0 Å². The minimum atomic E-state index is -6.36. The third-order valence-electron chi connectivity index (χ3n) is 8.13. The van der Waals surface area contributed by atoms with Gasteiger partial charge in [0.1, 0.15) is 0 Å². The number of benzene rings is 4. The van der Waals surface area contributed by atoms with E-state index in [0.717, 1.165) is 18.2 Å². The second kappa shape index (κ2) is 10.3. The van der Waals surface area contributed by atoms with E-state index in [9.17, 15) is 57.8 Å². The Bertz CT molecular complexity index is 1730. The lowest BCUT2D eigenvalue weighted by molar-refractivity contribution is -0.376. The highest BCUT2D eigenvalue weighted by Crippen LogP contribution is 2.59. The van der Waals surface area contributed by atoms with Gasteiger partial charge >= 0.3 is 24.7 Å². The van der Waals surface area contributed by atoms with Crippen molar-refractivity contribution in [3.63, 3.8) is 0 Å². The first-order valence-electron chi connectivity index (χ1n) is 13.1. The number of hydrogen-bond donors (Lipinski definition) is 3. The minimum Gasteiger partial charge on any atom is -0.398 e. The molecule has 1 aliphatic rings. The van der Waals surface area contributed by atoms with Gasteiger partial charge in [0.25, 0.3) is 5.60 Å². The third kappa shape index (κ3) is 4.74. The average Bonchev–Trinajstić information content (AvgIpc) is 3.23. The zero-order valence-corrected chi connectivity index (χ0v) is 22.8. The van der Waals surface area contributed by atoms with Gasteiger partial charge in [-0.25, -0.2) is 0 Å². The van der Waals surface area contributed by atoms with Crippen LogP contribution in [0.25, 0.3) is 11.1 Å². The largest absolute Gasteiger partial charge is 0.430 e. The van der Waals surface area contributed by atoms with Gasteiger partial charge in [-0.15, -0.1) is 0 Å². The molecule has 244 valence electrons. The molecule has 0 radical (unpaired) electrons. The van der Waals surface area contributed by atoms with E-state index in [1.165, 1.54) is 48.5 Å². The summed E-state index contributed by atoms with van der Waals surface area (Å²) in [7, 11) is 0. The van der Waals surface area contributed by atoms with Crippen LogP contribution >= 0.6 is 0 Å². The lowest BCUT2D eigenvalue weighted by Crippen LogP contribution is -2.54. The fraction of sp³-hybridized carbons (Fsp3) is 0.226. The van der Waals surface area contributed by atoms with E-state index in [-0.39, 0.29) is 11.1 Å². The molecule has 4 aromatic carbocycles. The van der Waals surface area contributed by atoms with Crippen molar-refractivity contribution in [2.45, 2.75) is 41.6 Å². The van der Waals surface area contributed by atoms with Crippen LogP contribution in [0, 0.1) is 0 Å². The highest BCUT2D eigenvalue weighted by atomic mass is 19.4. The third-order valence-corrected chi connectivity index (χ3v) is 8.13. The van der Waals surface area contributed by atoms with E-state index in [2.05, 4.69) is 0 Å². The normalized spacial score (nSPS) is 15.2. The van der Waals surface area contributed by atoms with Crippen molar-refractivity contribution < 1.29 is 57.8 Å². The summed E-state index contributed by atoms with van der Waals surface area (Å²) < 4.78 is 168. The van der Waals surface area contributed by atoms with Gasteiger partial charge < -0.3 is 16.6 Å². The highest BCUT2D eigenvalue weighted by molar-refractivity contribution is 5.86. The Hall–Kier alpha value is -4.40. The lowest BCUT2D eigenvalue weighted by Gasteiger charge is -2.37. The summed E-state index contributed by atoms with van der Waals surface area (Å²) in [5.41, 5.74) is -1.74. The Morgan fingerprint density at radius 3 is 1.39 bits per heavy atom. The molecule has 1 aliphatic carbocycles. The fourth-order valence-corrected chi connectivity index (χ4v) is 6.19. The predicted molar refractivity (Wildman–Crippen MR) is 143 cm³/mol. The molecule has 3 nitrogen and oxygen atoms in total. The van der Waals surface area contributed by atoms with E-state index in [1.807, 2.05) is 0 Å². The van der Waals surface area contributed by atoms with Gasteiger partial charge in [0.05, 0.1) is 5.41 Å². The van der Waals surface area contributed by atoms with Crippen LogP contribution < -0.4 is 11.5 Å². The smallest absolute Gasteiger partial charge is 0.398 e. The minimum absolute atomic E-state index is 0.0979. The first kappa shape index (κ1) is 33.0. The van der Waals surface area contributed by atoms with E-state index in [1.54, 1.807) is 0 Å². The van der Waals surface area contributed by atoms with Crippen LogP contribution in [0.5, 0.6) is 0 Å². The van der Waals surface area contributed by atoms with E-state index in [0.29, 0.717) is 29.3 Å². The average molecular weight is 664 g/mol. The Labute approximate surface area is 252 Å². The summed E-state index contributed by atoms with van der Waals surface area (Å²) in [6.45, 7) is 0. The van der Waals surface area contributed by atoms with Crippen molar-refractivity contribution >= 4 is 11.4 Å². The molecule has 0 bridgehead atoms. The molecule has 0 aromatic heterocycles. The van der Waals surface area contributed by atoms with Crippen LogP contribution in [-0.4, -0.2) is 29.8 Å². The second-order valence-corrected chi connectivity index (χ2v) is 10.7. The summed E-state index contributed by atoms with van der Waals surface area (Å²) in [6, 6.07) is 15.9. The van der Waals surface area contributed by atoms with Crippen LogP contribution in [0.15, 0.2) is 84.9 Å². The molecular weight excluding hydrogens is 644 g/mol. The van der Waals surface area contributed by atoms with Gasteiger partial charge in [-0.3, -0.25) is 0 Å². The van der Waals surface area contributed by atoms with Gasteiger partial charge in [0.2, 0.25) is 0 Å². The number of anilines is 2. The maximum atomic E-state index is 14.0. The zero-order chi connectivity index (χ0) is 34.3. The van der Waals surface area contributed by atoms with Crippen molar-refractivity contribution in [1.82, 2.24) is 0 Å². The summed E-state index contributed by atoms with van der Waals surface area (Å²) in [6.07, 6.45) is -24.5. The van der Waals surface area contributed by atoms with Crippen molar-refractivity contribution in [2.75, 3.05) is 11.5 Å². The van der Waals surface area contributed by atoms with Crippen LogP contribution in [0.3, 0.4) is 0 Å². The van der Waals surface area contributed by atoms with Gasteiger partial charge in [-0.2, -0.15) is 52.7 Å². The molecular formula is C31H20F12N2O. The Balaban J connectivity index is 1.96. The lowest BCUT2D eigenvalue weighted by atomic mass is 9.66. The van der Waals surface area contributed by atoms with E-state index >= 15 is 0 Å². The maximum Gasteiger partial charge on any atom is 0.430 e. The first-order valence-corrected chi connectivity index (χ1v) is 13.1. The molecule has 0 aliphatic heterocycles. The van der Waals surface area contributed by atoms with Crippen LogP contribution in [-0.2, 0) is 11.0 Å². The fourth-order valence-electron chi connectivity index (χ4n) is 6.19. The van der Waals surface area contributed by atoms with E-state index in [4.69, 9.17) is 11.5 Å². The monoisotopic (exact) mass is 664 g/mol. The van der Waals surface area contributed by atoms with Crippen LogP contribution in [0.4, 0.5) is 64.1 Å². The van der Waals surface area contributed by atoms with Gasteiger partial charge in [-0.05, 0) is 57.1 Å². The molecule has 15 heteroatoms. The SMILES string of the molecule is Nc1ccc(C2(c3ccc(N)c(C(O)(C(F)(F)F)C(F)(F)F)c3)c3ccccc3-c3ccccc32)cc1C(C(F)(F)F)C(F)(F)F. The number of fused-ring (bicyclic) bond motifs is 3. The number of hydrogen-bond acceptors (Lipinski definition) is 3. The summed E-state index contributed by atoms with van der Waals surface area (Å²) in [5, 5.41) is 10.3. The molecule has 4 aromatic rings. The van der Waals surface area contributed by atoms with Crippen molar-refractivity contribution in [2.24, 2.45) is 0 Å². The Kier molecular flexibility index (Phi) is 7.39. The molecule has 0 unspecified atom stereocenters. The topological polar surface area (TPSA) is 72.3 Å². The van der Waals surface area contributed by atoms with Crippen molar-refractivity contribution in [3.8, 4) is 11.1 Å². The molecule has 0 heterocycles. The zero-order valence-electron chi connectivity index (χ0n) is 22.8. The standard InChI is InChI=1S/C31H20F12N2O/c32-28(33,34)25(29(35,36)37)19-13-15(9-11-23(19)44)26(20-7-3-1-5-17(20)18-6-2-4-8-21(18)26)16-10-12-24(45)22(14-16)27(46,30(38,39)40)31(41,42)43/h1-14,25,46H,44-45H2. The molecule has 0 fully saturated rings. The Morgan fingerprint density at radius 1 is 0.543 bits per heavy atom. The number of rotatable bonds is 4. The molecule has 5 rings (SSSR count). The molecule has 0 atom stereocenters. The number of alkyl halides is 12. The summed E-state index contributed by atoms with van der Waals surface area (Å²) in [5.74, 6) is -4.09. The number of aliphatic hydroxyl groups is 1. The highest BCUT2D eigenvalue weighted by Gasteiger charge is 2.72. The number of nitrogens with two attached hydrogens (primary N) is 2. The van der Waals surface area contributed by atoms with Crippen molar-refractivity contribution in [3.05, 3.63) is 118 Å². The van der Waals surface area contributed by atoms with Gasteiger partial charge in [-0.1, -0.05) is 66.7 Å². The Morgan fingerprint density at radius 2 is 0.957 bits per heavy atom. The first-order chi connectivity index (χ1) is 21.1. The summed E-state index contributed by atoms with van der Waals surface area (Å²) in [4.78, 5) is 0. The molecule has 46 heavy (non-hydrogen) atoms.